The van der Waals surface area contributed by atoms with E-state index >= 15 is 0 Å². The van der Waals surface area contributed by atoms with E-state index in [1.54, 1.807) is 0 Å². The average Bonchev–Trinajstić information content (AvgIpc) is 2.57. The van der Waals surface area contributed by atoms with Gasteiger partial charge in [0.05, 0.1) is 12.2 Å². The molecule has 0 radical (unpaired) electrons. The molecule has 2 rings (SSSR count). The highest BCUT2D eigenvalue weighted by molar-refractivity contribution is 5.91. The summed E-state index contributed by atoms with van der Waals surface area (Å²) in [5.74, 6) is -0.167. The summed E-state index contributed by atoms with van der Waals surface area (Å²) in [6, 6.07) is 5.67. The Morgan fingerprint density at radius 3 is 2.61 bits per heavy atom. The minimum absolute atomic E-state index is 0.0388. The molecule has 0 spiro atoms. The van der Waals surface area contributed by atoms with Crippen LogP contribution in [0.5, 0.6) is 5.75 Å². The standard InChI is InChI=1S/C20H32N4O4/c1-5-24(13-19(25)26)16-11-15(12-16)21-20(27)22-17-7-6-14(2)10-18(17)28-9-8-23(3)4/h6-7,10,15-16H,5,8-9,11-13H2,1-4H3,(H,25,26)(H2,21,22,27). The third-order valence-corrected chi connectivity index (χ3v) is 4.89. The third kappa shape index (κ3) is 6.69. The zero-order valence-corrected chi connectivity index (χ0v) is 17.2. The highest BCUT2D eigenvalue weighted by atomic mass is 16.5. The van der Waals surface area contributed by atoms with E-state index in [0.717, 1.165) is 24.9 Å². The van der Waals surface area contributed by atoms with Crippen LogP contribution in [-0.4, -0.2) is 79.3 Å². The number of hydrogen-bond donors (Lipinski definition) is 3. The smallest absolute Gasteiger partial charge is 0.319 e. The topological polar surface area (TPSA) is 94.1 Å². The lowest BCUT2D eigenvalue weighted by atomic mass is 9.85. The first-order valence-corrected chi connectivity index (χ1v) is 9.70. The summed E-state index contributed by atoms with van der Waals surface area (Å²) >= 11 is 0. The predicted octanol–water partition coefficient (Wildman–Crippen LogP) is 1.99. The number of aliphatic carboxylic acids is 1. The van der Waals surface area contributed by atoms with Gasteiger partial charge < -0.3 is 25.4 Å². The Morgan fingerprint density at radius 1 is 1.29 bits per heavy atom. The van der Waals surface area contributed by atoms with Gasteiger partial charge in [-0.1, -0.05) is 13.0 Å². The monoisotopic (exact) mass is 392 g/mol. The van der Waals surface area contributed by atoms with Crippen LogP contribution in [0.2, 0.25) is 0 Å². The minimum Gasteiger partial charge on any atom is -0.490 e. The number of nitrogens with zero attached hydrogens (tertiary/aromatic N) is 2. The molecule has 0 bridgehead atoms. The number of urea groups is 1. The predicted molar refractivity (Wildman–Crippen MR) is 109 cm³/mol. The fourth-order valence-electron chi connectivity index (χ4n) is 3.21. The highest BCUT2D eigenvalue weighted by Gasteiger charge is 2.34. The molecule has 1 fully saturated rings. The lowest BCUT2D eigenvalue weighted by Gasteiger charge is -2.42. The first kappa shape index (κ1) is 22.0. The first-order chi connectivity index (χ1) is 13.3. The summed E-state index contributed by atoms with van der Waals surface area (Å²) in [7, 11) is 3.96. The molecule has 1 aliphatic carbocycles. The van der Waals surface area contributed by atoms with Gasteiger partial charge >= 0.3 is 12.0 Å². The SMILES string of the molecule is CCN(CC(=O)O)C1CC(NC(=O)Nc2ccc(C)cc2OCCN(C)C)C1. The number of benzene rings is 1. The van der Waals surface area contributed by atoms with Crippen molar-refractivity contribution in [3.63, 3.8) is 0 Å². The molecular weight excluding hydrogens is 360 g/mol. The largest absolute Gasteiger partial charge is 0.490 e. The Hall–Kier alpha value is -2.32. The molecule has 0 aromatic heterocycles. The van der Waals surface area contributed by atoms with E-state index in [0.29, 0.717) is 24.6 Å². The number of ether oxygens (including phenoxy) is 1. The zero-order valence-electron chi connectivity index (χ0n) is 17.2. The van der Waals surface area contributed by atoms with Gasteiger partial charge in [0, 0.05) is 18.6 Å². The minimum atomic E-state index is -0.822. The number of hydrogen-bond acceptors (Lipinski definition) is 5. The number of carboxylic acid groups (broad SMARTS) is 1. The van der Waals surface area contributed by atoms with Crippen molar-refractivity contribution in [1.29, 1.82) is 0 Å². The van der Waals surface area contributed by atoms with E-state index in [1.807, 2.05) is 55.9 Å². The van der Waals surface area contributed by atoms with Crippen molar-refractivity contribution < 1.29 is 19.4 Å². The summed E-state index contributed by atoms with van der Waals surface area (Å²) < 4.78 is 5.83. The van der Waals surface area contributed by atoms with Crippen molar-refractivity contribution in [2.45, 2.75) is 38.8 Å². The van der Waals surface area contributed by atoms with E-state index in [4.69, 9.17) is 9.84 Å². The maximum atomic E-state index is 12.4. The molecule has 0 heterocycles. The van der Waals surface area contributed by atoms with Gasteiger partial charge in [0.25, 0.3) is 0 Å². The summed E-state index contributed by atoms with van der Waals surface area (Å²) in [6.45, 7) is 5.98. The van der Waals surface area contributed by atoms with Crippen LogP contribution >= 0.6 is 0 Å². The van der Waals surface area contributed by atoms with E-state index in [-0.39, 0.29) is 24.7 Å². The van der Waals surface area contributed by atoms with Crippen molar-refractivity contribution >= 4 is 17.7 Å². The Labute approximate surface area is 166 Å². The molecule has 0 aliphatic heterocycles. The number of carboxylic acids is 1. The van der Waals surface area contributed by atoms with Crippen LogP contribution < -0.4 is 15.4 Å². The number of anilines is 1. The van der Waals surface area contributed by atoms with Gasteiger partial charge in [0.1, 0.15) is 12.4 Å². The Bertz CT molecular complexity index is 674. The Morgan fingerprint density at radius 2 is 2.00 bits per heavy atom. The van der Waals surface area contributed by atoms with E-state index in [9.17, 15) is 9.59 Å². The van der Waals surface area contributed by atoms with E-state index in [2.05, 4.69) is 10.6 Å². The summed E-state index contributed by atoms with van der Waals surface area (Å²) in [6.07, 6.45) is 1.52. The number of likely N-dealkylation sites (N-methyl/N-ethyl adjacent to an activating group) is 2. The zero-order chi connectivity index (χ0) is 20.7. The number of aryl methyl sites for hydroxylation is 1. The second kappa shape index (κ2) is 10.3. The Balaban J connectivity index is 1.84. The van der Waals surface area contributed by atoms with Crippen LogP contribution in [-0.2, 0) is 4.79 Å². The highest BCUT2D eigenvalue weighted by Crippen LogP contribution is 2.27. The molecule has 3 N–H and O–H groups in total. The number of carbonyl (C=O) groups is 2. The van der Waals surface area contributed by atoms with Crippen LogP contribution in [0.25, 0.3) is 0 Å². The summed E-state index contributed by atoms with van der Waals surface area (Å²) in [5.41, 5.74) is 1.70. The molecule has 1 aliphatic rings. The van der Waals surface area contributed by atoms with Gasteiger partial charge in [-0.3, -0.25) is 9.69 Å². The van der Waals surface area contributed by atoms with Gasteiger partial charge in [-0.15, -0.1) is 0 Å². The molecule has 28 heavy (non-hydrogen) atoms. The first-order valence-electron chi connectivity index (χ1n) is 9.70. The number of rotatable bonds is 10. The van der Waals surface area contributed by atoms with Gasteiger partial charge in [0.2, 0.25) is 0 Å². The summed E-state index contributed by atoms with van der Waals surface area (Å²) in [5, 5.41) is 14.8. The molecule has 0 saturated heterocycles. The van der Waals surface area contributed by atoms with E-state index in [1.165, 1.54) is 0 Å². The molecule has 1 saturated carbocycles. The van der Waals surface area contributed by atoms with Crippen LogP contribution in [0.3, 0.4) is 0 Å². The fraction of sp³-hybridized carbons (Fsp3) is 0.600. The van der Waals surface area contributed by atoms with Crippen molar-refractivity contribution in [3.8, 4) is 5.75 Å². The normalized spacial score (nSPS) is 18.6. The molecule has 156 valence electrons. The molecule has 1 aromatic carbocycles. The molecule has 8 nitrogen and oxygen atoms in total. The van der Waals surface area contributed by atoms with Crippen LogP contribution in [0, 0.1) is 6.92 Å². The molecular formula is C20H32N4O4. The summed E-state index contributed by atoms with van der Waals surface area (Å²) in [4.78, 5) is 27.2. The second-order valence-electron chi connectivity index (χ2n) is 7.53. The molecule has 2 amide bonds. The fourth-order valence-corrected chi connectivity index (χ4v) is 3.21. The van der Waals surface area contributed by atoms with Crippen LogP contribution in [0.1, 0.15) is 25.3 Å². The van der Waals surface area contributed by atoms with Gasteiger partial charge in [-0.05, 0) is 58.1 Å². The van der Waals surface area contributed by atoms with Crippen molar-refractivity contribution in [3.05, 3.63) is 23.8 Å². The molecule has 8 heteroatoms. The maximum absolute atomic E-state index is 12.4. The van der Waals surface area contributed by atoms with Gasteiger partial charge in [-0.2, -0.15) is 0 Å². The molecule has 0 unspecified atom stereocenters. The molecule has 0 atom stereocenters. The van der Waals surface area contributed by atoms with Crippen LogP contribution in [0.4, 0.5) is 10.5 Å². The third-order valence-electron chi connectivity index (χ3n) is 4.89. The van der Waals surface area contributed by atoms with Gasteiger partial charge in [-0.25, -0.2) is 4.79 Å². The van der Waals surface area contributed by atoms with Crippen molar-refractivity contribution in [2.75, 3.05) is 45.7 Å². The number of amides is 2. The van der Waals surface area contributed by atoms with Gasteiger partial charge in [0.15, 0.2) is 0 Å². The van der Waals surface area contributed by atoms with E-state index < -0.39 is 5.97 Å². The number of carbonyl (C=O) groups excluding carboxylic acids is 1. The quantitative estimate of drug-likeness (QED) is 0.564. The lowest BCUT2D eigenvalue weighted by molar-refractivity contribution is -0.139. The van der Waals surface area contributed by atoms with Crippen molar-refractivity contribution in [2.24, 2.45) is 0 Å². The Kier molecular flexibility index (Phi) is 8.07. The van der Waals surface area contributed by atoms with Crippen molar-refractivity contribution in [1.82, 2.24) is 15.1 Å². The number of nitrogens with one attached hydrogen (secondary N) is 2. The maximum Gasteiger partial charge on any atom is 0.319 e. The average molecular weight is 393 g/mol. The van der Waals surface area contributed by atoms with Crippen LogP contribution in [0.15, 0.2) is 18.2 Å². The second-order valence-corrected chi connectivity index (χ2v) is 7.53. The molecule has 1 aromatic rings. The lowest BCUT2D eigenvalue weighted by Crippen LogP contribution is -2.55.